The molecular formula is C12H19NO2. The maximum Gasteiger partial charge on any atom is 0.209 e. The molecule has 0 aliphatic rings. The lowest BCUT2D eigenvalue weighted by atomic mass is 10.1. The summed E-state index contributed by atoms with van der Waals surface area (Å²) >= 11 is 0. The van der Waals surface area contributed by atoms with Crippen molar-refractivity contribution in [3.8, 4) is 5.75 Å². The second kappa shape index (κ2) is 6.06. The van der Waals surface area contributed by atoms with Crippen LogP contribution in [-0.2, 0) is 4.79 Å². The maximum atomic E-state index is 9.43. The number of carbonyl (C=O) groups is 1. The summed E-state index contributed by atoms with van der Waals surface area (Å²) < 4.78 is 0. The van der Waals surface area contributed by atoms with Crippen LogP contribution in [0.5, 0.6) is 5.75 Å². The second-order valence-electron chi connectivity index (χ2n) is 3.82. The minimum Gasteiger partial charge on any atom is -0.507 e. The van der Waals surface area contributed by atoms with Crippen LogP contribution < -0.4 is 0 Å². The highest BCUT2D eigenvalue weighted by molar-refractivity contribution is 5.45. The largest absolute Gasteiger partial charge is 0.507 e. The molecule has 0 atom stereocenters. The van der Waals surface area contributed by atoms with Crippen LogP contribution in [0.4, 0.5) is 0 Å². The first-order chi connectivity index (χ1) is 6.88. The fourth-order valence-corrected chi connectivity index (χ4v) is 1.17. The summed E-state index contributed by atoms with van der Waals surface area (Å²) in [4.78, 5) is 10.9. The quantitative estimate of drug-likeness (QED) is 0.719. The van der Waals surface area contributed by atoms with E-state index in [9.17, 15) is 9.90 Å². The van der Waals surface area contributed by atoms with Gasteiger partial charge in [0, 0.05) is 14.1 Å². The highest BCUT2D eigenvalue weighted by Crippen LogP contribution is 2.21. The zero-order valence-corrected chi connectivity index (χ0v) is 10.0. The van der Waals surface area contributed by atoms with Crippen molar-refractivity contribution in [1.82, 2.24) is 4.90 Å². The van der Waals surface area contributed by atoms with Gasteiger partial charge in [0.25, 0.3) is 0 Å². The van der Waals surface area contributed by atoms with Gasteiger partial charge in [-0.1, -0.05) is 17.7 Å². The molecule has 0 aromatic heterocycles. The molecule has 84 valence electrons. The molecule has 15 heavy (non-hydrogen) atoms. The SMILES string of the molecule is CN(C)C=O.Cc1cc(C)c(O)c(C)c1. The molecule has 0 unspecified atom stereocenters. The molecule has 1 N–H and O–H groups in total. The van der Waals surface area contributed by atoms with Crippen LogP contribution in [0.25, 0.3) is 0 Å². The second-order valence-corrected chi connectivity index (χ2v) is 3.82. The summed E-state index contributed by atoms with van der Waals surface area (Å²) in [5, 5.41) is 9.33. The molecule has 1 aromatic carbocycles. The Kier molecular flexibility index (Phi) is 5.45. The number of phenols is 1. The summed E-state index contributed by atoms with van der Waals surface area (Å²) in [6.07, 6.45) is 0.750. The molecule has 1 amide bonds. The summed E-state index contributed by atoms with van der Waals surface area (Å²) in [7, 11) is 3.38. The molecule has 0 saturated heterocycles. The van der Waals surface area contributed by atoms with E-state index in [2.05, 4.69) is 0 Å². The highest BCUT2D eigenvalue weighted by atomic mass is 16.3. The summed E-state index contributed by atoms with van der Waals surface area (Å²) in [5.41, 5.74) is 3.11. The Morgan fingerprint density at radius 2 is 1.47 bits per heavy atom. The molecule has 3 heteroatoms. The highest BCUT2D eigenvalue weighted by Gasteiger charge is 1.98. The lowest BCUT2D eigenvalue weighted by Crippen LogP contribution is -2.06. The number of aromatic hydroxyl groups is 1. The standard InChI is InChI=1S/C9H12O.C3H7NO/c1-6-4-7(2)9(10)8(3)5-6;1-4(2)3-5/h4-5,10H,1-3H3;3H,1-2H3. The third-order valence-corrected chi connectivity index (χ3v) is 1.85. The fraction of sp³-hybridized carbons (Fsp3) is 0.417. The van der Waals surface area contributed by atoms with Gasteiger partial charge >= 0.3 is 0 Å². The maximum absolute atomic E-state index is 9.43. The van der Waals surface area contributed by atoms with Gasteiger partial charge in [0.2, 0.25) is 6.41 Å². The van der Waals surface area contributed by atoms with Crippen molar-refractivity contribution in [1.29, 1.82) is 0 Å². The molecule has 0 radical (unpaired) electrons. The number of nitrogens with zero attached hydrogens (tertiary/aromatic N) is 1. The molecule has 0 fully saturated rings. The van der Waals surface area contributed by atoms with Gasteiger partial charge in [0.1, 0.15) is 5.75 Å². The van der Waals surface area contributed by atoms with Crippen LogP contribution in [0, 0.1) is 20.8 Å². The Bertz CT molecular complexity index is 309. The Labute approximate surface area is 91.3 Å². The Morgan fingerprint density at radius 3 is 1.73 bits per heavy atom. The van der Waals surface area contributed by atoms with Crippen molar-refractivity contribution in [2.24, 2.45) is 0 Å². The van der Waals surface area contributed by atoms with Gasteiger partial charge < -0.3 is 10.0 Å². The van der Waals surface area contributed by atoms with Gasteiger partial charge in [0.15, 0.2) is 0 Å². The van der Waals surface area contributed by atoms with Gasteiger partial charge in [0.05, 0.1) is 0 Å². The van der Waals surface area contributed by atoms with Crippen LogP contribution in [0.3, 0.4) is 0 Å². The number of carbonyl (C=O) groups excluding carboxylic acids is 1. The van der Waals surface area contributed by atoms with E-state index in [0.717, 1.165) is 17.5 Å². The van der Waals surface area contributed by atoms with Gasteiger partial charge in [-0.25, -0.2) is 0 Å². The average molecular weight is 209 g/mol. The van der Waals surface area contributed by atoms with E-state index < -0.39 is 0 Å². The molecule has 0 heterocycles. The third-order valence-electron chi connectivity index (χ3n) is 1.85. The van der Waals surface area contributed by atoms with Gasteiger partial charge in [-0.3, -0.25) is 4.79 Å². The van der Waals surface area contributed by atoms with Crippen molar-refractivity contribution in [2.75, 3.05) is 14.1 Å². The van der Waals surface area contributed by atoms with E-state index in [-0.39, 0.29) is 0 Å². The first-order valence-electron chi connectivity index (χ1n) is 4.77. The van der Waals surface area contributed by atoms with E-state index in [1.165, 1.54) is 10.5 Å². The third kappa shape index (κ3) is 5.05. The van der Waals surface area contributed by atoms with E-state index in [4.69, 9.17) is 0 Å². The van der Waals surface area contributed by atoms with Crippen molar-refractivity contribution in [2.45, 2.75) is 20.8 Å². The predicted octanol–water partition coefficient (Wildman–Crippen LogP) is 2.02. The molecule has 0 aliphatic carbocycles. The Morgan fingerprint density at radius 1 is 1.13 bits per heavy atom. The predicted molar refractivity (Wildman–Crippen MR) is 62.1 cm³/mol. The molecular weight excluding hydrogens is 190 g/mol. The van der Waals surface area contributed by atoms with Crippen LogP contribution in [0.1, 0.15) is 16.7 Å². The molecule has 1 rings (SSSR count). The zero-order valence-electron chi connectivity index (χ0n) is 10.0. The fourth-order valence-electron chi connectivity index (χ4n) is 1.17. The Hall–Kier alpha value is -1.51. The summed E-state index contributed by atoms with van der Waals surface area (Å²) in [5.74, 6) is 0.422. The van der Waals surface area contributed by atoms with Gasteiger partial charge in [-0.15, -0.1) is 0 Å². The van der Waals surface area contributed by atoms with E-state index in [1.54, 1.807) is 14.1 Å². The molecule has 0 saturated carbocycles. The van der Waals surface area contributed by atoms with E-state index in [1.807, 2.05) is 32.9 Å². The van der Waals surface area contributed by atoms with Crippen LogP contribution in [-0.4, -0.2) is 30.5 Å². The van der Waals surface area contributed by atoms with E-state index >= 15 is 0 Å². The van der Waals surface area contributed by atoms with E-state index in [0.29, 0.717) is 5.75 Å². The van der Waals surface area contributed by atoms with Crippen LogP contribution in [0.2, 0.25) is 0 Å². The number of amides is 1. The summed E-state index contributed by atoms with van der Waals surface area (Å²) in [6.45, 7) is 5.85. The zero-order chi connectivity index (χ0) is 12.0. The van der Waals surface area contributed by atoms with Crippen LogP contribution >= 0.6 is 0 Å². The number of hydrogen-bond acceptors (Lipinski definition) is 2. The van der Waals surface area contributed by atoms with Gasteiger partial charge in [-0.05, 0) is 31.9 Å². The smallest absolute Gasteiger partial charge is 0.209 e. The number of phenolic OH excluding ortho intramolecular Hbond substituents is 1. The molecule has 0 bridgehead atoms. The molecule has 3 nitrogen and oxygen atoms in total. The first kappa shape index (κ1) is 13.5. The minimum atomic E-state index is 0.422. The summed E-state index contributed by atoms with van der Waals surface area (Å²) in [6, 6.07) is 3.95. The van der Waals surface area contributed by atoms with Crippen LogP contribution in [0.15, 0.2) is 12.1 Å². The number of benzene rings is 1. The van der Waals surface area contributed by atoms with Crippen molar-refractivity contribution in [3.05, 3.63) is 28.8 Å². The van der Waals surface area contributed by atoms with Crippen molar-refractivity contribution >= 4 is 6.41 Å². The minimum absolute atomic E-state index is 0.422. The van der Waals surface area contributed by atoms with Gasteiger partial charge in [-0.2, -0.15) is 0 Å². The molecule has 0 aliphatic heterocycles. The lowest BCUT2D eigenvalue weighted by Gasteiger charge is -2.03. The number of aryl methyl sites for hydroxylation is 3. The topological polar surface area (TPSA) is 40.5 Å². The molecule has 1 aromatic rings. The lowest BCUT2D eigenvalue weighted by molar-refractivity contribution is -0.115. The number of rotatable bonds is 1. The average Bonchev–Trinajstić information content (AvgIpc) is 2.15. The Balaban J connectivity index is 0.000000336. The normalized spacial score (nSPS) is 8.87. The monoisotopic (exact) mass is 209 g/mol. The van der Waals surface area contributed by atoms with Crippen molar-refractivity contribution in [3.63, 3.8) is 0 Å². The van der Waals surface area contributed by atoms with Crippen molar-refractivity contribution < 1.29 is 9.90 Å². The first-order valence-corrected chi connectivity index (χ1v) is 4.77. The number of hydrogen-bond donors (Lipinski definition) is 1. The molecule has 0 spiro atoms.